The van der Waals surface area contributed by atoms with Gasteiger partial charge in [0, 0.05) is 42.8 Å². The number of aromatic nitrogens is 1. The summed E-state index contributed by atoms with van der Waals surface area (Å²) >= 11 is 0. The van der Waals surface area contributed by atoms with Crippen LogP contribution in [0.1, 0.15) is 51.7 Å². The Labute approximate surface area is 202 Å². The minimum absolute atomic E-state index is 0.0316. The second kappa shape index (κ2) is 8.87. The van der Waals surface area contributed by atoms with Crippen LogP contribution in [0.5, 0.6) is 5.75 Å². The van der Waals surface area contributed by atoms with E-state index in [1.54, 1.807) is 11.1 Å². The molecule has 0 N–H and O–H groups in total. The first-order valence-electron chi connectivity index (χ1n) is 11.7. The van der Waals surface area contributed by atoms with E-state index >= 15 is 0 Å². The van der Waals surface area contributed by atoms with Crippen molar-refractivity contribution in [2.75, 3.05) is 19.3 Å². The summed E-state index contributed by atoms with van der Waals surface area (Å²) in [5, 5.41) is 0. The lowest BCUT2D eigenvalue weighted by Gasteiger charge is -2.40. The Bertz CT molecular complexity index is 1160. The fourth-order valence-corrected chi connectivity index (χ4v) is 5.64. The highest BCUT2D eigenvalue weighted by atomic mass is 32.2. The average Bonchev–Trinajstić information content (AvgIpc) is 3.08. The number of nitrogens with zero attached hydrogens (tertiary/aromatic N) is 2. The summed E-state index contributed by atoms with van der Waals surface area (Å²) in [5.41, 5.74) is 2.86. The van der Waals surface area contributed by atoms with Gasteiger partial charge in [-0.15, -0.1) is 0 Å². The third-order valence-corrected chi connectivity index (χ3v) is 7.38. The summed E-state index contributed by atoms with van der Waals surface area (Å²) in [6.07, 6.45) is 5.30. The molecular weight excluding hydrogens is 452 g/mol. The standard InChI is InChI=1S/C26H34N2O5S/c1-25(2,3)33-24(29)28-12-10-21(11-13-28)26(4)15-20-14-22(27-16-23(20)32-26)19-8-6-18(7-9-19)17-34(5,30)31/h6-9,14,16,21H,10-13,15,17H2,1-5H3/t26-/m0/s1. The highest BCUT2D eigenvalue weighted by Crippen LogP contribution is 2.43. The van der Waals surface area contributed by atoms with Gasteiger partial charge in [0.25, 0.3) is 0 Å². The zero-order valence-corrected chi connectivity index (χ0v) is 21.4. The zero-order chi connectivity index (χ0) is 24.7. The van der Waals surface area contributed by atoms with Crippen LogP contribution in [0, 0.1) is 5.92 Å². The van der Waals surface area contributed by atoms with Crippen LogP contribution in [0.25, 0.3) is 11.3 Å². The smallest absolute Gasteiger partial charge is 0.410 e. The normalized spacial score (nSPS) is 21.1. The van der Waals surface area contributed by atoms with E-state index < -0.39 is 15.4 Å². The van der Waals surface area contributed by atoms with Crippen LogP contribution in [-0.2, 0) is 26.7 Å². The van der Waals surface area contributed by atoms with Gasteiger partial charge in [-0.05, 0) is 52.2 Å². The number of amides is 1. The van der Waals surface area contributed by atoms with Gasteiger partial charge >= 0.3 is 6.09 Å². The molecule has 2 aliphatic heterocycles. The van der Waals surface area contributed by atoms with Gasteiger partial charge in [0.15, 0.2) is 9.84 Å². The Balaban J connectivity index is 1.41. The molecule has 0 saturated carbocycles. The minimum Gasteiger partial charge on any atom is -0.485 e. The lowest BCUT2D eigenvalue weighted by molar-refractivity contribution is -0.00829. The van der Waals surface area contributed by atoms with Crippen LogP contribution < -0.4 is 4.74 Å². The van der Waals surface area contributed by atoms with Crippen LogP contribution in [0.2, 0.25) is 0 Å². The lowest BCUT2D eigenvalue weighted by Crippen LogP contribution is -2.48. The molecule has 0 radical (unpaired) electrons. The number of benzene rings is 1. The fourth-order valence-electron chi connectivity index (χ4n) is 4.84. The predicted octanol–water partition coefficient (Wildman–Crippen LogP) is 4.63. The summed E-state index contributed by atoms with van der Waals surface area (Å²) in [7, 11) is -3.06. The number of sulfone groups is 1. The van der Waals surface area contributed by atoms with Crippen molar-refractivity contribution >= 4 is 15.9 Å². The van der Waals surface area contributed by atoms with Crippen molar-refractivity contribution in [3.63, 3.8) is 0 Å². The Morgan fingerprint density at radius 3 is 2.44 bits per heavy atom. The SMILES string of the molecule is CC(C)(C)OC(=O)N1CCC([C@]2(C)Cc3cc(-c4ccc(CS(C)(=O)=O)cc4)ncc3O2)CC1. The maximum Gasteiger partial charge on any atom is 0.410 e. The number of fused-ring (bicyclic) bond motifs is 1. The molecule has 1 aromatic heterocycles. The molecule has 1 saturated heterocycles. The number of pyridine rings is 1. The summed E-state index contributed by atoms with van der Waals surface area (Å²) in [6.45, 7) is 9.13. The monoisotopic (exact) mass is 486 g/mol. The van der Waals surface area contributed by atoms with E-state index in [2.05, 4.69) is 18.0 Å². The third-order valence-electron chi connectivity index (χ3n) is 6.52. The highest BCUT2D eigenvalue weighted by Gasteiger charge is 2.44. The fraction of sp³-hybridized carbons (Fsp3) is 0.538. The summed E-state index contributed by atoms with van der Waals surface area (Å²) in [4.78, 5) is 18.8. The summed E-state index contributed by atoms with van der Waals surface area (Å²) in [5.74, 6) is 1.18. The van der Waals surface area contributed by atoms with Gasteiger partial charge < -0.3 is 14.4 Å². The maximum absolute atomic E-state index is 12.4. The molecule has 1 atom stereocenters. The molecule has 3 heterocycles. The predicted molar refractivity (Wildman–Crippen MR) is 131 cm³/mol. The molecule has 1 aromatic carbocycles. The Morgan fingerprint density at radius 1 is 1.21 bits per heavy atom. The number of hydrogen-bond acceptors (Lipinski definition) is 6. The van der Waals surface area contributed by atoms with Crippen molar-refractivity contribution < 1.29 is 22.7 Å². The molecule has 184 valence electrons. The summed E-state index contributed by atoms with van der Waals surface area (Å²) < 4.78 is 35.0. The molecule has 34 heavy (non-hydrogen) atoms. The van der Waals surface area contributed by atoms with Gasteiger partial charge in [0.1, 0.15) is 17.0 Å². The molecule has 0 aliphatic carbocycles. The van der Waals surface area contributed by atoms with Crippen molar-refractivity contribution in [1.29, 1.82) is 0 Å². The Kier molecular flexibility index (Phi) is 6.40. The van der Waals surface area contributed by atoms with Crippen LogP contribution >= 0.6 is 0 Å². The number of piperidine rings is 1. The lowest BCUT2D eigenvalue weighted by atomic mass is 9.79. The Hall–Kier alpha value is -2.61. The van der Waals surface area contributed by atoms with Crippen molar-refractivity contribution in [3.8, 4) is 17.0 Å². The number of carbonyl (C=O) groups is 1. The van der Waals surface area contributed by atoms with Gasteiger partial charge in [-0.3, -0.25) is 4.98 Å². The van der Waals surface area contributed by atoms with Crippen molar-refractivity contribution in [2.45, 2.75) is 63.9 Å². The molecule has 2 aliphatic rings. The van der Waals surface area contributed by atoms with E-state index in [0.717, 1.165) is 47.4 Å². The quantitative estimate of drug-likeness (QED) is 0.626. The third kappa shape index (κ3) is 5.71. The molecule has 0 bridgehead atoms. The molecule has 2 aromatic rings. The number of carbonyl (C=O) groups excluding carboxylic acids is 1. The van der Waals surface area contributed by atoms with Crippen molar-refractivity contribution in [2.24, 2.45) is 5.92 Å². The molecule has 1 amide bonds. The second-order valence-electron chi connectivity index (χ2n) is 10.8. The molecule has 0 unspecified atom stereocenters. The minimum atomic E-state index is -3.06. The van der Waals surface area contributed by atoms with Crippen LogP contribution in [0.3, 0.4) is 0 Å². The average molecular weight is 487 g/mol. The van der Waals surface area contributed by atoms with Gasteiger partial charge in [-0.1, -0.05) is 24.3 Å². The summed E-state index contributed by atoms with van der Waals surface area (Å²) in [6, 6.07) is 9.57. The van der Waals surface area contributed by atoms with E-state index in [0.29, 0.717) is 19.0 Å². The first kappa shape index (κ1) is 24.5. The first-order valence-corrected chi connectivity index (χ1v) is 13.8. The number of likely N-dealkylation sites (tertiary alicyclic amines) is 1. The molecule has 0 spiro atoms. The first-order chi connectivity index (χ1) is 15.8. The number of ether oxygens (including phenoxy) is 2. The molecular formula is C26H34N2O5S. The molecule has 1 fully saturated rings. The maximum atomic E-state index is 12.4. The van der Waals surface area contributed by atoms with Crippen LogP contribution in [0.4, 0.5) is 4.79 Å². The largest absolute Gasteiger partial charge is 0.485 e. The second-order valence-corrected chi connectivity index (χ2v) is 12.9. The zero-order valence-electron chi connectivity index (χ0n) is 20.6. The molecule has 7 nitrogen and oxygen atoms in total. The van der Waals surface area contributed by atoms with E-state index in [4.69, 9.17) is 9.47 Å². The number of rotatable bonds is 4. The van der Waals surface area contributed by atoms with Gasteiger partial charge in [-0.2, -0.15) is 0 Å². The van der Waals surface area contributed by atoms with Crippen LogP contribution in [0.15, 0.2) is 36.5 Å². The van der Waals surface area contributed by atoms with E-state index in [1.807, 2.05) is 45.0 Å². The molecule has 4 rings (SSSR count). The van der Waals surface area contributed by atoms with E-state index in [-0.39, 0.29) is 17.4 Å². The van der Waals surface area contributed by atoms with Gasteiger partial charge in [0.05, 0.1) is 17.6 Å². The Morgan fingerprint density at radius 2 is 1.85 bits per heavy atom. The van der Waals surface area contributed by atoms with E-state index in [9.17, 15) is 13.2 Å². The van der Waals surface area contributed by atoms with Crippen LogP contribution in [-0.4, -0.2) is 54.9 Å². The van der Waals surface area contributed by atoms with Crippen molar-refractivity contribution in [3.05, 3.63) is 47.7 Å². The highest BCUT2D eigenvalue weighted by molar-refractivity contribution is 7.89. The topological polar surface area (TPSA) is 85.8 Å². The van der Waals surface area contributed by atoms with Gasteiger partial charge in [-0.25, -0.2) is 13.2 Å². The number of hydrogen-bond donors (Lipinski definition) is 0. The van der Waals surface area contributed by atoms with Gasteiger partial charge in [0.2, 0.25) is 0 Å². The van der Waals surface area contributed by atoms with E-state index in [1.165, 1.54) is 6.26 Å². The molecule has 8 heteroatoms. The van der Waals surface area contributed by atoms with Crippen molar-refractivity contribution in [1.82, 2.24) is 9.88 Å².